The van der Waals surface area contributed by atoms with E-state index in [2.05, 4.69) is 5.32 Å². The molecule has 1 aromatic rings. The highest BCUT2D eigenvalue weighted by molar-refractivity contribution is 14.1. The molecule has 1 aromatic carbocycles. The lowest BCUT2D eigenvalue weighted by atomic mass is 10.1. The average Bonchev–Trinajstić information content (AvgIpc) is 2.32. The summed E-state index contributed by atoms with van der Waals surface area (Å²) < 4.78 is 13.9. The monoisotopic (exact) mass is 384 g/mol. The van der Waals surface area contributed by atoms with Gasteiger partial charge in [0.15, 0.2) is 0 Å². The molecule has 0 aromatic heterocycles. The Bertz CT molecular complexity index is 444. The first-order valence-electron chi connectivity index (χ1n) is 5.56. The summed E-state index contributed by atoms with van der Waals surface area (Å²) in [4.78, 5) is 14.0. The zero-order valence-electron chi connectivity index (χ0n) is 9.95. The number of rotatable bonds is 1. The summed E-state index contributed by atoms with van der Waals surface area (Å²) in [6, 6.07) is 4.79. The van der Waals surface area contributed by atoms with E-state index in [0.29, 0.717) is 15.7 Å². The van der Waals surface area contributed by atoms with Crippen molar-refractivity contribution in [3.8, 4) is 0 Å². The van der Waals surface area contributed by atoms with E-state index in [0.717, 1.165) is 13.1 Å². The summed E-state index contributed by atoms with van der Waals surface area (Å²) in [5.41, 5.74) is 0.427. The number of hydrogen-bond acceptors (Lipinski definition) is 2. The first-order chi connectivity index (χ1) is 8.09. The minimum Gasteiger partial charge on any atom is -0.333 e. The standard InChI is InChI=1S/C12H14FIN2O.ClH/c1-8-7-15-4-5-16(8)12(17)9-2-3-11(14)10(13)6-9;/h2-3,6,8,15H,4-5,7H2,1H3;1H/t8-;/m0./s1. The number of nitrogens with one attached hydrogen (secondary N) is 1. The highest BCUT2D eigenvalue weighted by Gasteiger charge is 2.24. The Morgan fingerprint density at radius 1 is 1.56 bits per heavy atom. The topological polar surface area (TPSA) is 32.3 Å². The third kappa shape index (κ3) is 3.33. The summed E-state index contributed by atoms with van der Waals surface area (Å²) in [7, 11) is 0. The summed E-state index contributed by atoms with van der Waals surface area (Å²) in [6.07, 6.45) is 0. The molecule has 3 nitrogen and oxygen atoms in total. The fourth-order valence-electron chi connectivity index (χ4n) is 1.94. The highest BCUT2D eigenvalue weighted by Crippen LogP contribution is 2.15. The van der Waals surface area contributed by atoms with E-state index in [1.807, 2.05) is 29.5 Å². The second-order valence-electron chi connectivity index (χ2n) is 4.18. The number of piperazine rings is 1. The number of carbonyl (C=O) groups is 1. The number of halogens is 3. The van der Waals surface area contributed by atoms with Crippen molar-refractivity contribution in [1.82, 2.24) is 10.2 Å². The predicted octanol–water partition coefficient (Wildman–Crippen LogP) is 2.29. The van der Waals surface area contributed by atoms with Crippen molar-refractivity contribution in [2.75, 3.05) is 19.6 Å². The van der Waals surface area contributed by atoms with E-state index in [1.165, 1.54) is 6.07 Å². The molecule has 1 amide bonds. The van der Waals surface area contributed by atoms with Crippen molar-refractivity contribution >= 4 is 40.9 Å². The van der Waals surface area contributed by atoms with Gasteiger partial charge in [0.25, 0.3) is 5.91 Å². The molecule has 0 spiro atoms. The Morgan fingerprint density at radius 2 is 2.28 bits per heavy atom. The van der Waals surface area contributed by atoms with Crippen molar-refractivity contribution in [2.45, 2.75) is 13.0 Å². The van der Waals surface area contributed by atoms with Crippen LogP contribution in [0.3, 0.4) is 0 Å². The Hall–Kier alpha value is -0.400. The number of nitrogens with zero attached hydrogens (tertiary/aromatic N) is 1. The van der Waals surface area contributed by atoms with Crippen molar-refractivity contribution < 1.29 is 9.18 Å². The molecule has 1 N–H and O–H groups in total. The van der Waals surface area contributed by atoms with Gasteiger partial charge in [-0.15, -0.1) is 12.4 Å². The predicted molar refractivity (Wildman–Crippen MR) is 79.7 cm³/mol. The van der Waals surface area contributed by atoms with Crippen LogP contribution in [-0.2, 0) is 0 Å². The molecule has 1 aliphatic rings. The van der Waals surface area contributed by atoms with E-state index < -0.39 is 0 Å². The molecule has 1 fully saturated rings. The first-order valence-corrected chi connectivity index (χ1v) is 6.64. The second-order valence-corrected chi connectivity index (χ2v) is 5.34. The van der Waals surface area contributed by atoms with Gasteiger partial charge in [0.1, 0.15) is 5.82 Å². The van der Waals surface area contributed by atoms with E-state index in [-0.39, 0.29) is 30.2 Å². The van der Waals surface area contributed by atoms with Gasteiger partial charge in [-0.2, -0.15) is 0 Å². The molecule has 1 atom stereocenters. The van der Waals surface area contributed by atoms with Crippen LogP contribution < -0.4 is 5.32 Å². The molecule has 0 bridgehead atoms. The van der Waals surface area contributed by atoms with E-state index in [1.54, 1.807) is 17.0 Å². The number of amides is 1. The van der Waals surface area contributed by atoms with Gasteiger partial charge in [0.05, 0.1) is 0 Å². The van der Waals surface area contributed by atoms with Crippen LogP contribution in [-0.4, -0.2) is 36.5 Å². The van der Waals surface area contributed by atoms with E-state index >= 15 is 0 Å². The van der Waals surface area contributed by atoms with Crippen LogP contribution in [0.4, 0.5) is 4.39 Å². The maximum Gasteiger partial charge on any atom is 0.254 e. The van der Waals surface area contributed by atoms with Crippen molar-refractivity contribution in [1.29, 1.82) is 0 Å². The lowest BCUT2D eigenvalue weighted by Gasteiger charge is -2.34. The SMILES string of the molecule is C[C@H]1CNCCN1C(=O)c1ccc(I)c(F)c1.Cl. The van der Waals surface area contributed by atoms with Crippen LogP contribution >= 0.6 is 35.0 Å². The third-order valence-corrected chi connectivity index (χ3v) is 3.80. The maximum atomic E-state index is 13.4. The van der Waals surface area contributed by atoms with E-state index in [9.17, 15) is 9.18 Å². The molecule has 1 saturated heterocycles. The van der Waals surface area contributed by atoms with Crippen LogP contribution in [0.5, 0.6) is 0 Å². The van der Waals surface area contributed by atoms with Gasteiger partial charge >= 0.3 is 0 Å². The van der Waals surface area contributed by atoms with Crippen LogP contribution in [0.25, 0.3) is 0 Å². The smallest absolute Gasteiger partial charge is 0.254 e. The fraction of sp³-hybridized carbons (Fsp3) is 0.417. The fourth-order valence-corrected chi connectivity index (χ4v) is 2.27. The zero-order chi connectivity index (χ0) is 12.4. The first kappa shape index (κ1) is 15.7. The van der Waals surface area contributed by atoms with Crippen LogP contribution in [0.15, 0.2) is 18.2 Å². The molecule has 0 radical (unpaired) electrons. The minimum absolute atomic E-state index is 0. The summed E-state index contributed by atoms with van der Waals surface area (Å²) >= 11 is 1.91. The maximum absolute atomic E-state index is 13.4. The molecular weight excluding hydrogens is 370 g/mol. The molecule has 0 saturated carbocycles. The Labute approximate surface area is 126 Å². The van der Waals surface area contributed by atoms with Crippen LogP contribution in [0, 0.1) is 9.39 Å². The lowest BCUT2D eigenvalue weighted by Crippen LogP contribution is -2.52. The normalized spacial score (nSPS) is 19.3. The summed E-state index contributed by atoms with van der Waals surface area (Å²) in [6.45, 7) is 4.25. The zero-order valence-corrected chi connectivity index (χ0v) is 12.9. The van der Waals surface area contributed by atoms with Gasteiger partial charge in [0, 0.05) is 34.8 Å². The van der Waals surface area contributed by atoms with Crippen LogP contribution in [0.1, 0.15) is 17.3 Å². The largest absolute Gasteiger partial charge is 0.333 e. The van der Waals surface area contributed by atoms with Gasteiger partial charge in [-0.1, -0.05) is 0 Å². The molecule has 0 aliphatic carbocycles. The second kappa shape index (κ2) is 6.68. The minimum atomic E-state index is -0.334. The van der Waals surface area contributed by atoms with Gasteiger partial charge in [-0.25, -0.2) is 4.39 Å². The average molecular weight is 385 g/mol. The van der Waals surface area contributed by atoms with E-state index in [4.69, 9.17) is 0 Å². The molecular formula is C12H15ClFIN2O. The van der Waals surface area contributed by atoms with Crippen LogP contribution in [0.2, 0.25) is 0 Å². The van der Waals surface area contributed by atoms with Gasteiger partial charge in [0.2, 0.25) is 0 Å². The molecule has 6 heteroatoms. The molecule has 1 heterocycles. The Balaban J connectivity index is 0.00000162. The molecule has 0 unspecified atom stereocenters. The Kier molecular flexibility index (Phi) is 5.81. The number of carbonyl (C=O) groups excluding carboxylic acids is 1. The highest BCUT2D eigenvalue weighted by atomic mass is 127. The summed E-state index contributed by atoms with van der Waals surface area (Å²) in [5.74, 6) is -0.423. The van der Waals surface area contributed by atoms with Gasteiger partial charge < -0.3 is 10.2 Å². The number of benzene rings is 1. The van der Waals surface area contributed by atoms with Gasteiger partial charge in [-0.05, 0) is 47.7 Å². The van der Waals surface area contributed by atoms with Crippen molar-refractivity contribution in [3.05, 3.63) is 33.1 Å². The molecule has 18 heavy (non-hydrogen) atoms. The number of hydrogen-bond donors (Lipinski definition) is 1. The lowest BCUT2D eigenvalue weighted by molar-refractivity contribution is 0.0655. The van der Waals surface area contributed by atoms with Crippen molar-refractivity contribution in [3.63, 3.8) is 0 Å². The Morgan fingerprint density at radius 3 is 2.89 bits per heavy atom. The quantitative estimate of drug-likeness (QED) is 0.754. The van der Waals surface area contributed by atoms with Gasteiger partial charge in [-0.3, -0.25) is 4.79 Å². The van der Waals surface area contributed by atoms with Crippen molar-refractivity contribution in [2.24, 2.45) is 0 Å². The third-order valence-electron chi connectivity index (χ3n) is 2.93. The molecule has 2 rings (SSSR count). The molecule has 1 aliphatic heterocycles. The molecule has 100 valence electrons. The summed E-state index contributed by atoms with van der Waals surface area (Å²) in [5, 5.41) is 3.22.